The minimum Gasteiger partial charge on any atom is -0.483 e. The minimum absolute atomic E-state index is 0.0960. The van der Waals surface area contributed by atoms with Gasteiger partial charge in [-0.15, -0.1) is 13.2 Å². The molecule has 0 aliphatic heterocycles. The summed E-state index contributed by atoms with van der Waals surface area (Å²) in [6.07, 6.45) is -4.79. The van der Waals surface area contributed by atoms with Crippen LogP contribution >= 0.6 is 0 Å². The monoisotopic (exact) mass is 353 g/mol. The molecule has 0 aliphatic carbocycles. The molecule has 1 amide bonds. The van der Waals surface area contributed by atoms with E-state index in [1.54, 1.807) is 6.07 Å². The van der Waals surface area contributed by atoms with E-state index in [4.69, 9.17) is 4.74 Å². The standard InChI is InChI=1S/C18H18F3NO3/c1-12-7-8-13(2)16(9-12)24-11-17(23)22-10-14-5-3-4-6-15(14)25-18(19,20)21/h3-9H,10-11H2,1-2H3,(H,22,23). The average Bonchev–Trinajstić information content (AvgIpc) is 2.53. The van der Waals surface area contributed by atoms with Gasteiger partial charge in [-0.2, -0.15) is 0 Å². The summed E-state index contributed by atoms with van der Waals surface area (Å²) in [5.74, 6) is -0.190. The van der Waals surface area contributed by atoms with Crippen LogP contribution in [-0.2, 0) is 11.3 Å². The zero-order valence-electron chi connectivity index (χ0n) is 13.8. The Kier molecular flexibility index (Phi) is 5.90. The van der Waals surface area contributed by atoms with Gasteiger partial charge in [0.05, 0.1) is 0 Å². The van der Waals surface area contributed by atoms with Crippen LogP contribution in [0.3, 0.4) is 0 Å². The maximum absolute atomic E-state index is 12.4. The molecule has 0 atom stereocenters. The van der Waals surface area contributed by atoms with Crippen LogP contribution in [0.5, 0.6) is 11.5 Å². The molecule has 0 saturated carbocycles. The highest BCUT2D eigenvalue weighted by Gasteiger charge is 2.31. The summed E-state index contributed by atoms with van der Waals surface area (Å²) in [7, 11) is 0. The molecule has 0 aliphatic rings. The topological polar surface area (TPSA) is 47.6 Å². The predicted molar refractivity (Wildman–Crippen MR) is 86.4 cm³/mol. The van der Waals surface area contributed by atoms with Gasteiger partial charge in [0, 0.05) is 12.1 Å². The van der Waals surface area contributed by atoms with Crippen molar-refractivity contribution in [2.24, 2.45) is 0 Å². The van der Waals surface area contributed by atoms with E-state index in [0.29, 0.717) is 5.75 Å². The van der Waals surface area contributed by atoms with Gasteiger partial charge in [0.15, 0.2) is 6.61 Å². The van der Waals surface area contributed by atoms with Gasteiger partial charge >= 0.3 is 6.36 Å². The molecule has 134 valence electrons. The first-order valence-electron chi connectivity index (χ1n) is 7.55. The lowest BCUT2D eigenvalue weighted by atomic mass is 10.1. The van der Waals surface area contributed by atoms with Crippen molar-refractivity contribution in [3.63, 3.8) is 0 Å². The van der Waals surface area contributed by atoms with E-state index in [1.807, 2.05) is 32.0 Å². The van der Waals surface area contributed by atoms with Crippen molar-refractivity contribution in [2.45, 2.75) is 26.8 Å². The van der Waals surface area contributed by atoms with Crippen molar-refractivity contribution in [1.29, 1.82) is 0 Å². The zero-order chi connectivity index (χ0) is 18.4. The molecule has 2 rings (SSSR count). The number of nitrogens with one attached hydrogen (secondary N) is 1. The fourth-order valence-electron chi connectivity index (χ4n) is 2.13. The Balaban J connectivity index is 1.91. The Morgan fingerprint density at radius 3 is 2.52 bits per heavy atom. The predicted octanol–water partition coefficient (Wildman–Crippen LogP) is 3.90. The van der Waals surface area contributed by atoms with E-state index in [-0.39, 0.29) is 24.5 Å². The molecule has 0 fully saturated rings. The molecule has 0 unspecified atom stereocenters. The summed E-state index contributed by atoms with van der Waals surface area (Å²) < 4.78 is 46.5. The molecule has 0 spiro atoms. The summed E-state index contributed by atoms with van der Waals surface area (Å²) in [5, 5.41) is 2.52. The lowest BCUT2D eigenvalue weighted by Gasteiger charge is -2.14. The lowest BCUT2D eigenvalue weighted by Crippen LogP contribution is -2.29. The first-order valence-corrected chi connectivity index (χ1v) is 7.55. The van der Waals surface area contributed by atoms with Gasteiger partial charge in [-0.05, 0) is 37.1 Å². The third-order valence-electron chi connectivity index (χ3n) is 3.38. The number of rotatable bonds is 6. The maximum atomic E-state index is 12.4. The highest BCUT2D eigenvalue weighted by atomic mass is 19.4. The van der Waals surface area contributed by atoms with Gasteiger partial charge in [0.1, 0.15) is 11.5 Å². The fourth-order valence-corrected chi connectivity index (χ4v) is 2.13. The van der Waals surface area contributed by atoms with E-state index in [9.17, 15) is 18.0 Å². The second-order valence-corrected chi connectivity index (χ2v) is 5.49. The number of alkyl halides is 3. The summed E-state index contributed by atoms with van der Waals surface area (Å²) in [6.45, 7) is 3.44. The molecule has 4 nitrogen and oxygen atoms in total. The quantitative estimate of drug-likeness (QED) is 0.857. The van der Waals surface area contributed by atoms with Crippen LogP contribution in [0.2, 0.25) is 0 Å². The highest BCUT2D eigenvalue weighted by molar-refractivity contribution is 5.77. The van der Waals surface area contributed by atoms with Crippen LogP contribution in [0.15, 0.2) is 42.5 Å². The molecular weight excluding hydrogens is 335 g/mol. The van der Waals surface area contributed by atoms with Gasteiger partial charge in [0.25, 0.3) is 5.91 Å². The molecule has 25 heavy (non-hydrogen) atoms. The van der Waals surface area contributed by atoms with Crippen molar-refractivity contribution >= 4 is 5.91 Å². The Labute approximate surface area is 143 Å². The number of aryl methyl sites for hydroxylation is 2. The summed E-state index contributed by atoms with van der Waals surface area (Å²) in [6, 6.07) is 11.3. The molecule has 0 bridgehead atoms. The number of halogens is 3. The average molecular weight is 353 g/mol. The Hall–Kier alpha value is -2.70. The van der Waals surface area contributed by atoms with Crippen molar-refractivity contribution in [3.8, 4) is 11.5 Å². The lowest BCUT2D eigenvalue weighted by molar-refractivity contribution is -0.274. The number of amides is 1. The Morgan fingerprint density at radius 1 is 1.08 bits per heavy atom. The van der Waals surface area contributed by atoms with Crippen molar-refractivity contribution in [1.82, 2.24) is 5.32 Å². The number of benzene rings is 2. The normalized spacial score (nSPS) is 11.1. The van der Waals surface area contributed by atoms with Crippen molar-refractivity contribution in [2.75, 3.05) is 6.61 Å². The second-order valence-electron chi connectivity index (χ2n) is 5.49. The smallest absolute Gasteiger partial charge is 0.483 e. The van der Waals surface area contributed by atoms with E-state index in [1.165, 1.54) is 18.2 Å². The van der Waals surface area contributed by atoms with E-state index in [0.717, 1.165) is 11.1 Å². The number of carbonyl (C=O) groups excluding carboxylic acids is 1. The Morgan fingerprint density at radius 2 is 1.80 bits per heavy atom. The fraction of sp³-hybridized carbons (Fsp3) is 0.278. The van der Waals surface area contributed by atoms with Crippen LogP contribution in [0.25, 0.3) is 0 Å². The number of hydrogen-bond donors (Lipinski definition) is 1. The number of para-hydroxylation sites is 1. The molecule has 2 aromatic carbocycles. The van der Waals surface area contributed by atoms with Crippen LogP contribution in [0, 0.1) is 13.8 Å². The molecule has 0 aromatic heterocycles. The van der Waals surface area contributed by atoms with Gasteiger partial charge in [-0.25, -0.2) is 0 Å². The zero-order valence-corrected chi connectivity index (χ0v) is 13.8. The van der Waals surface area contributed by atoms with Crippen molar-refractivity contribution < 1.29 is 27.4 Å². The largest absolute Gasteiger partial charge is 0.573 e. The summed E-state index contributed by atoms with van der Waals surface area (Å²) >= 11 is 0. The molecule has 1 N–H and O–H groups in total. The van der Waals surface area contributed by atoms with Crippen molar-refractivity contribution in [3.05, 3.63) is 59.2 Å². The molecular formula is C18H18F3NO3. The molecule has 0 radical (unpaired) electrons. The molecule has 2 aromatic rings. The molecule has 0 saturated heterocycles. The first kappa shape index (κ1) is 18.6. The summed E-state index contributed by atoms with van der Waals surface area (Å²) in [5.41, 5.74) is 2.11. The second kappa shape index (κ2) is 7.92. The number of ether oxygens (including phenoxy) is 2. The number of hydrogen-bond acceptors (Lipinski definition) is 3. The molecule has 7 heteroatoms. The van der Waals surface area contributed by atoms with Gasteiger partial charge < -0.3 is 14.8 Å². The Bertz CT molecular complexity index is 745. The third-order valence-corrected chi connectivity index (χ3v) is 3.38. The minimum atomic E-state index is -4.79. The first-order chi connectivity index (χ1) is 11.7. The number of carbonyl (C=O) groups is 1. The van der Waals surface area contributed by atoms with Crippen LogP contribution in [-0.4, -0.2) is 18.9 Å². The van der Waals surface area contributed by atoms with E-state index >= 15 is 0 Å². The highest BCUT2D eigenvalue weighted by Crippen LogP contribution is 2.26. The van der Waals surface area contributed by atoms with Crippen LogP contribution in [0.4, 0.5) is 13.2 Å². The van der Waals surface area contributed by atoms with Gasteiger partial charge in [0.2, 0.25) is 0 Å². The van der Waals surface area contributed by atoms with Crippen LogP contribution in [0.1, 0.15) is 16.7 Å². The SMILES string of the molecule is Cc1ccc(C)c(OCC(=O)NCc2ccccc2OC(F)(F)F)c1. The summed E-state index contributed by atoms with van der Waals surface area (Å²) in [4.78, 5) is 11.9. The maximum Gasteiger partial charge on any atom is 0.573 e. The molecule has 0 heterocycles. The van der Waals surface area contributed by atoms with E-state index in [2.05, 4.69) is 10.1 Å². The van der Waals surface area contributed by atoms with Crippen LogP contribution < -0.4 is 14.8 Å². The third kappa shape index (κ3) is 6.02. The van der Waals surface area contributed by atoms with Gasteiger partial charge in [-0.3, -0.25) is 4.79 Å². The van der Waals surface area contributed by atoms with Gasteiger partial charge in [-0.1, -0.05) is 30.3 Å². The van der Waals surface area contributed by atoms with E-state index < -0.39 is 12.3 Å².